The number of hydrogen-bond acceptors (Lipinski definition) is 5. The Morgan fingerprint density at radius 1 is 1.45 bits per heavy atom. The summed E-state index contributed by atoms with van der Waals surface area (Å²) in [5.41, 5.74) is 0.834. The number of aromatic nitrogens is 2. The molecule has 5 nitrogen and oxygen atoms in total. The molecule has 1 atom stereocenters. The van der Waals surface area contributed by atoms with Crippen molar-refractivity contribution >= 4 is 23.1 Å². The van der Waals surface area contributed by atoms with Gasteiger partial charge in [-0.2, -0.15) is 0 Å². The summed E-state index contributed by atoms with van der Waals surface area (Å²) in [6, 6.07) is 5.79. The third-order valence-electron chi connectivity index (χ3n) is 3.74. The maximum Gasteiger partial charge on any atom is 0.225 e. The van der Waals surface area contributed by atoms with Crippen LogP contribution >= 0.6 is 11.3 Å². The fraction of sp³-hybridized carbons (Fsp3) is 0.438. The average Bonchev–Trinajstić information content (AvgIpc) is 3.09. The lowest BCUT2D eigenvalue weighted by Gasteiger charge is -2.21. The highest BCUT2D eigenvalue weighted by Gasteiger charge is 2.15. The van der Waals surface area contributed by atoms with Crippen LogP contribution in [0.1, 0.15) is 25.7 Å². The van der Waals surface area contributed by atoms with E-state index in [0.717, 1.165) is 43.0 Å². The Balaban J connectivity index is 1.54. The van der Waals surface area contributed by atoms with Crippen molar-refractivity contribution in [3.8, 4) is 10.6 Å². The van der Waals surface area contributed by atoms with E-state index < -0.39 is 0 Å². The molecule has 1 N–H and O–H groups in total. The van der Waals surface area contributed by atoms with Gasteiger partial charge in [-0.3, -0.25) is 4.79 Å². The van der Waals surface area contributed by atoms with Crippen LogP contribution in [0, 0.1) is 5.92 Å². The van der Waals surface area contributed by atoms with Crippen LogP contribution in [0.25, 0.3) is 10.6 Å². The molecule has 2 aromatic heterocycles. The van der Waals surface area contributed by atoms with Crippen molar-refractivity contribution in [2.24, 2.45) is 5.92 Å². The molecule has 1 fully saturated rings. The van der Waals surface area contributed by atoms with Crippen LogP contribution in [0.15, 0.2) is 29.9 Å². The monoisotopic (exact) mass is 317 g/mol. The molecule has 116 valence electrons. The van der Waals surface area contributed by atoms with Gasteiger partial charge < -0.3 is 10.1 Å². The molecule has 0 aliphatic carbocycles. The highest BCUT2D eigenvalue weighted by atomic mass is 32.1. The molecule has 6 heteroatoms. The number of carbonyl (C=O) groups excluding carboxylic acids is 1. The van der Waals surface area contributed by atoms with Crippen LogP contribution in [-0.4, -0.2) is 29.1 Å². The second-order valence-corrected chi connectivity index (χ2v) is 6.38. The Kier molecular flexibility index (Phi) is 5.13. The van der Waals surface area contributed by atoms with Crippen molar-refractivity contribution in [1.29, 1.82) is 0 Å². The Morgan fingerprint density at radius 3 is 3.18 bits per heavy atom. The molecule has 3 rings (SSSR count). The topological polar surface area (TPSA) is 64.1 Å². The number of rotatable bonds is 5. The second-order valence-electron chi connectivity index (χ2n) is 5.44. The summed E-state index contributed by atoms with van der Waals surface area (Å²) < 4.78 is 5.44. The molecule has 1 saturated heterocycles. The van der Waals surface area contributed by atoms with Crippen molar-refractivity contribution in [2.45, 2.75) is 25.7 Å². The average molecular weight is 317 g/mol. The lowest BCUT2D eigenvalue weighted by Crippen LogP contribution is -2.20. The molecular weight excluding hydrogens is 298 g/mol. The van der Waals surface area contributed by atoms with Gasteiger partial charge in [-0.25, -0.2) is 9.97 Å². The predicted octanol–water partition coefficient (Wildman–Crippen LogP) is 3.35. The predicted molar refractivity (Wildman–Crippen MR) is 86.8 cm³/mol. The van der Waals surface area contributed by atoms with Gasteiger partial charge >= 0.3 is 0 Å². The molecule has 0 spiro atoms. The zero-order valence-electron chi connectivity index (χ0n) is 12.3. The van der Waals surface area contributed by atoms with E-state index in [9.17, 15) is 4.79 Å². The Bertz CT molecular complexity index is 610. The van der Waals surface area contributed by atoms with Crippen molar-refractivity contribution in [3.63, 3.8) is 0 Å². The third-order valence-corrected chi connectivity index (χ3v) is 4.63. The molecule has 1 amide bonds. The summed E-state index contributed by atoms with van der Waals surface area (Å²) >= 11 is 1.62. The molecule has 3 heterocycles. The van der Waals surface area contributed by atoms with E-state index >= 15 is 0 Å². The third kappa shape index (κ3) is 4.11. The molecule has 0 bridgehead atoms. The molecule has 0 radical (unpaired) electrons. The number of carbonyl (C=O) groups is 1. The lowest BCUT2D eigenvalue weighted by atomic mass is 9.97. The van der Waals surface area contributed by atoms with Gasteiger partial charge in [0.15, 0.2) is 0 Å². The first-order valence-corrected chi connectivity index (χ1v) is 8.43. The number of hydrogen-bond donors (Lipinski definition) is 1. The van der Waals surface area contributed by atoms with Gasteiger partial charge in [0.2, 0.25) is 5.91 Å². The van der Waals surface area contributed by atoms with Crippen LogP contribution in [0.5, 0.6) is 0 Å². The smallest absolute Gasteiger partial charge is 0.225 e. The van der Waals surface area contributed by atoms with Gasteiger partial charge in [-0.05, 0) is 36.6 Å². The first-order valence-electron chi connectivity index (χ1n) is 7.55. The number of nitrogens with zero attached hydrogens (tertiary/aromatic N) is 2. The van der Waals surface area contributed by atoms with Gasteiger partial charge in [-0.15, -0.1) is 11.3 Å². The van der Waals surface area contributed by atoms with Crippen LogP contribution in [0.3, 0.4) is 0 Å². The second kappa shape index (κ2) is 7.47. The molecule has 2 aromatic rings. The fourth-order valence-corrected chi connectivity index (χ4v) is 3.25. The molecule has 1 aliphatic heterocycles. The van der Waals surface area contributed by atoms with Gasteiger partial charge in [-0.1, -0.05) is 6.07 Å². The van der Waals surface area contributed by atoms with Crippen molar-refractivity contribution in [2.75, 3.05) is 18.5 Å². The van der Waals surface area contributed by atoms with E-state index in [1.807, 2.05) is 23.6 Å². The maximum absolute atomic E-state index is 12.0. The molecule has 0 aromatic carbocycles. The van der Waals surface area contributed by atoms with Gasteiger partial charge in [0.1, 0.15) is 12.1 Å². The molecule has 0 saturated carbocycles. The Hall–Kier alpha value is -1.79. The maximum atomic E-state index is 12.0. The minimum Gasteiger partial charge on any atom is -0.381 e. The van der Waals surface area contributed by atoms with E-state index in [1.165, 1.54) is 6.33 Å². The first-order chi connectivity index (χ1) is 10.8. The summed E-state index contributed by atoms with van der Waals surface area (Å²) in [4.78, 5) is 21.5. The summed E-state index contributed by atoms with van der Waals surface area (Å²) in [5.74, 6) is 1.07. The summed E-state index contributed by atoms with van der Waals surface area (Å²) in [5, 5.41) is 4.86. The standard InChI is InChI=1S/C16H19N3O2S/c20-16(6-5-12-3-1-7-21-10-12)19-15-9-13(17-11-18-15)14-4-2-8-22-14/h2,4,8-9,11-12H,1,3,5-7,10H2,(H,17,18,19,20). The van der Waals surface area contributed by atoms with E-state index in [-0.39, 0.29) is 5.91 Å². The van der Waals surface area contributed by atoms with E-state index in [1.54, 1.807) is 11.3 Å². The molecule has 1 aliphatic rings. The minimum atomic E-state index is 0.00130. The summed E-state index contributed by atoms with van der Waals surface area (Å²) in [6.45, 7) is 1.64. The van der Waals surface area contributed by atoms with Gasteiger partial charge in [0, 0.05) is 25.7 Å². The van der Waals surface area contributed by atoms with Crippen LogP contribution in [0.4, 0.5) is 5.82 Å². The minimum absolute atomic E-state index is 0.00130. The van der Waals surface area contributed by atoms with E-state index in [2.05, 4.69) is 15.3 Å². The molecular formula is C16H19N3O2S. The Morgan fingerprint density at radius 2 is 2.41 bits per heavy atom. The molecule has 1 unspecified atom stereocenters. The number of amides is 1. The highest BCUT2D eigenvalue weighted by molar-refractivity contribution is 7.13. The fourth-order valence-electron chi connectivity index (χ4n) is 2.56. The lowest BCUT2D eigenvalue weighted by molar-refractivity contribution is -0.116. The van der Waals surface area contributed by atoms with Gasteiger partial charge in [0.05, 0.1) is 10.6 Å². The highest BCUT2D eigenvalue weighted by Crippen LogP contribution is 2.24. The van der Waals surface area contributed by atoms with Crippen LogP contribution < -0.4 is 5.32 Å². The number of ether oxygens (including phenoxy) is 1. The van der Waals surface area contributed by atoms with Gasteiger partial charge in [0.25, 0.3) is 0 Å². The van der Waals surface area contributed by atoms with Crippen molar-refractivity contribution in [1.82, 2.24) is 9.97 Å². The Labute approximate surface area is 133 Å². The SMILES string of the molecule is O=C(CCC1CCCOC1)Nc1cc(-c2cccs2)ncn1. The summed E-state index contributed by atoms with van der Waals surface area (Å²) in [6.07, 6.45) is 5.12. The largest absolute Gasteiger partial charge is 0.381 e. The normalized spacial score (nSPS) is 18.1. The number of thiophene rings is 1. The zero-order valence-corrected chi connectivity index (χ0v) is 13.1. The molecule has 22 heavy (non-hydrogen) atoms. The quantitative estimate of drug-likeness (QED) is 0.918. The summed E-state index contributed by atoms with van der Waals surface area (Å²) in [7, 11) is 0. The van der Waals surface area contributed by atoms with E-state index in [4.69, 9.17) is 4.74 Å². The first kappa shape index (κ1) is 15.1. The zero-order chi connectivity index (χ0) is 15.2. The van der Waals surface area contributed by atoms with Crippen molar-refractivity contribution in [3.05, 3.63) is 29.9 Å². The number of anilines is 1. The van der Waals surface area contributed by atoms with Crippen LogP contribution in [-0.2, 0) is 9.53 Å². The number of nitrogens with one attached hydrogen (secondary N) is 1. The van der Waals surface area contributed by atoms with Crippen LogP contribution in [0.2, 0.25) is 0 Å². The van der Waals surface area contributed by atoms with E-state index in [0.29, 0.717) is 18.2 Å². The van der Waals surface area contributed by atoms with Crippen molar-refractivity contribution < 1.29 is 9.53 Å².